The van der Waals surface area contributed by atoms with Crippen molar-refractivity contribution in [3.05, 3.63) is 35.5 Å². The number of carbonyl (C=O) groups is 1. The van der Waals surface area contributed by atoms with Crippen molar-refractivity contribution in [1.82, 2.24) is 4.98 Å². The molecule has 0 aliphatic heterocycles. The van der Waals surface area contributed by atoms with E-state index in [9.17, 15) is 4.79 Å². The highest BCUT2D eigenvalue weighted by Gasteiger charge is 2.02. The lowest BCUT2D eigenvalue weighted by Crippen LogP contribution is -1.80. The maximum absolute atomic E-state index is 10.8. The Bertz CT molecular complexity index is 572. The number of aromatic amines is 1. The molecule has 0 atom stereocenters. The summed E-state index contributed by atoms with van der Waals surface area (Å²) in [5, 5.41) is 9.49. The van der Waals surface area contributed by atoms with Gasteiger partial charge < -0.3 is 10.1 Å². The summed E-state index contributed by atoms with van der Waals surface area (Å²) in [5.41, 5.74) is 2.42. The fourth-order valence-corrected chi connectivity index (χ4v) is 1.54. The molecule has 0 bridgehead atoms. The van der Waals surface area contributed by atoms with Crippen LogP contribution in [0, 0.1) is 11.8 Å². The molecule has 3 nitrogen and oxygen atoms in total. The number of rotatable bonds is 2. The average molecular weight is 213 g/mol. The van der Waals surface area contributed by atoms with Crippen molar-refractivity contribution in [2.75, 3.05) is 6.61 Å². The maximum atomic E-state index is 10.8. The first kappa shape index (κ1) is 10.5. The fraction of sp³-hybridized carbons (Fsp3) is 0.154. The molecular formula is C13H11NO2. The van der Waals surface area contributed by atoms with E-state index < -0.39 is 0 Å². The number of hydrogen-bond donors (Lipinski definition) is 2. The van der Waals surface area contributed by atoms with Gasteiger partial charge in [0.25, 0.3) is 0 Å². The minimum atomic E-state index is 0.0684. The van der Waals surface area contributed by atoms with Gasteiger partial charge >= 0.3 is 0 Å². The predicted octanol–water partition coefficient (Wildman–Crippen LogP) is 1.71. The highest BCUT2D eigenvalue weighted by Crippen LogP contribution is 2.17. The van der Waals surface area contributed by atoms with Gasteiger partial charge in [0.15, 0.2) is 6.29 Å². The maximum Gasteiger partial charge on any atom is 0.152 e. The number of carbonyl (C=O) groups excluding carboxylic acids is 1. The smallest absolute Gasteiger partial charge is 0.152 e. The Kier molecular flexibility index (Phi) is 3.04. The van der Waals surface area contributed by atoms with Crippen LogP contribution in [0.15, 0.2) is 24.4 Å². The van der Waals surface area contributed by atoms with Gasteiger partial charge in [0.2, 0.25) is 0 Å². The molecule has 3 heteroatoms. The van der Waals surface area contributed by atoms with E-state index in [1.165, 1.54) is 0 Å². The first-order valence-electron chi connectivity index (χ1n) is 5.01. The van der Waals surface area contributed by atoms with Crippen molar-refractivity contribution in [2.45, 2.75) is 6.42 Å². The lowest BCUT2D eigenvalue weighted by molar-refractivity contribution is 0.112. The molecule has 1 aromatic carbocycles. The SMILES string of the molecule is O=Cc1c[nH]c2ccc(C#CCCO)cc12. The van der Waals surface area contributed by atoms with Gasteiger partial charge in [-0.1, -0.05) is 11.8 Å². The highest BCUT2D eigenvalue weighted by atomic mass is 16.2. The van der Waals surface area contributed by atoms with Gasteiger partial charge in [-0.25, -0.2) is 0 Å². The highest BCUT2D eigenvalue weighted by molar-refractivity contribution is 5.97. The van der Waals surface area contributed by atoms with Crippen molar-refractivity contribution in [3.8, 4) is 11.8 Å². The average Bonchev–Trinajstić information content (AvgIpc) is 2.71. The van der Waals surface area contributed by atoms with Gasteiger partial charge in [-0.05, 0) is 18.2 Å². The van der Waals surface area contributed by atoms with Gasteiger partial charge in [0, 0.05) is 34.6 Å². The van der Waals surface area contributed by atoms with Gasteiger partial charge in [-0.2, -0.15) is 0 Å². The quantitative estimate of drug-likeness (QED) is 0.589. The van der Waals surface area contributed by atoms with Crippen LogP contribution in [-0.2, 0) is 0 Å². The van der Waals surface area contributed by atoms with Crippen LogP contribution < -0.4 is 0 Å². The number of aromatic nitrogens is 1. The van der Waals surface area contributed by atoms with Crippen LogP contribution in [0.2, 0.25) is 0 Å². The normalized spacial score (nSPS) is 9.81. The van der Waals surface area contributed by atoms with Crippen LogP contribution in [0.5, 0.6) is 0 Å². The van der Waals surface area contributed by atoms with Crippen LogP contribution in [0.3, 0.4) is 0 Å². The van der Waals surface area contributed by atoms with Crippen LogP contribution in [0.25, 0.3) is 10.9 Å². The summed E-state index contributed by atoms with van der Waals surface area (Å²) in [6, 6.07) is 5.66. The minimum absolute atomic E-state index is 0.0684. The fourth-order valence-electron chi connectivity index (χ4n) is 1.54. The lowest BCUT2D eigenvalue weighted by atomic mass is 10.1. The molecule has 2 aromatic rings. The first-order chi connectivity index (χ1) is 7.85. The number of aliphatic hydroxyl groups excluding tert-OH is 1. The standard InChI is InChI=1S/C13H11NO2/c15-6-2-1-3-10-4-5-13-12(7-10)11(9-16)8-14-13/h4-5,7-9,14-15H,2,6H2. The molecule has 0 radical (unpaired) electrons. The lowest BCUT2D eigenvalue weighted by Gasteiger charge is -1.93. The number of benzene rings is 1. The zero-order chi connectivity index (χ0) is 11.4. The summed E-state index contributed by atoms with van der Waals surface area (Å²) in [7, 11) is 0. The largest absolute Gasteiger partial charge is 0.395 e. The van der Waals surface area contributed by atoms with Crippen LogP contribution >= 0.6 is 0 Å². The molecule has 0 amide bonds. The van der Waals surface area contributed by atoms with Crippen LogP contribution in [0.4, 0.5) is 0 Å². The second kappa shape index (κ2) is 4.65. The first-order valence-corrected chi connectivity index (χ1v) is 5.01. The van der Waals surface area contributed by atoms with Crippen molar-refractivity contribution >= 4 is 17.2 Å². The van der Waals surface area contributed by atoms with E-state index in [2.05, 4.69) is 16.8 Å². The Morgan fingerprint density at radius 2 is 2.31 bits per heavy atom. The van der Waals surface area contributed by atoms with E-state index in [1.807, 2.05) is 18.2 Å². The summed E-state index contributed by atoms with van der Waals surface area (Å²) >= 11 is 0. The molecule has 0 aliphatic rings. The van der Waals surface area contributed by atoms with Crippen molar-refractivity contribution in [2.24, 2.45) is 0 Å². The number of hydrogen-bond acceptors (Lipinski definition) is 2. The topological polar surface area (TPSA) is 53.1 Å². The predicted molar refractivity (Wildman–Crippen MR) is 62.3 cm³/mol. The monoisotopic (exact) mass is 213 g/mol. The van der Waals surface area contributed by atoms with Crippen LogP contribution in [0.1, 0.15) is 22.3 Å². The summed E-state index contributed by atoms with van der Waals surface area (Å²) < 4.78 is 0. The molecule has 1 heterocycles. The molecular weight excluding hydrogens is 202 g/mol. The number of fused-ring (bicyclic) bond motifs is 1. The second-order valence-corrected chi connectivity index (χ2v) is 3.40. The Morgan fingerprint density at radius 3 is 3.06 bits per heavy atom. The van der Waals surface area contributed by atoms with E-state index in [4.69, 9.17) is 5.11 Å². The number of H-pyrrole nitrogens is 1. The van der Waals surface area contributed by atoms with Gasteiger partial charge in [-0.3, -0.25) is 4.79 Å². The molecule has 80 valence electrons. The molecule has 16 heavy (non-hydrogen) atoms. The zero-order valence-corrected chi connectivity index (χ0v) is 8.66. The Balaban J connectivity index is 2.43. The zero-order valence-electron chi connectivity index (χ0n) is 8.66. The molecule has 0 saturated heterocycles. The molecule has 0 fully saturated rings. The van der Waals surface area contributed by atoms with Gasteiger partial charge in [-0.15, -0.1) is 0 Å². The molecule has 0 spiro atoms. The summed E-state index contributed by atoms with van der Waals surface area (Å²) in [5.74, 6) is 5.79. The van der Waals surface area contributed by atoms with Crippen molar-refractivity contribution in [3.63, 3.8) is 0 Å². The molecule has 0 aliphatic carbocycles. The number of nitrogens with one attached hydrogen (secondary N) is 1. The molecule has 2 N–H and O–H groups in total. The van der Waals surface area contributed by atoms with E-state index in [0.29, 0.717) is 12.0 Å². The Hall–Kier alpha value is -2.05. The van der Waals surface area contributed by atoms with E-state index in [-0.39, 0.29) is 6.61 Å². The van der Waals surface area contributed by atoms with Crippen LogP contribution in [-0.4, -0.2) is 23.0 Å². The Labute approximate surface area is 93.1 Å². The summed E-state index contributed by atoms with van der Waals surface area (Å²) in [4.78, 5) is 13.8. The molecule has 0 saturated carbocycles. The molecule has 1 aromatic heterocycles. The summed E-state index contributed by atoms with van der Waals surface area (Å²) in [6.07, 6.45) is 2.97. The van der Waals surface area contributed by atoms with E-state index in [0.717, 1.165) is 22.8 Å². The van der Waals surface area contributed by atoms with Gasteiger partial charge in [0.05, 0.1) is 6.61 Å². The van der Waals surface area contributed by atoms with E-state index >= 15 is 0 Å². The van der Waals surface area contributed by atoms with Crippen molar-refractivity contribution < 1.29 is 9.90 Å². The summed E-state index contributed by atoms with van der Waals surface area (Å²) in [6.45, 7) is 0.0684. The van der Waals surface area contributed by atoms with E-state index in [1.54, 1.807) is 6.20 Å². The third-order valence-electron chi connectivity index (χ3n) is 2.31. The van der Waals surface area contributed by atoms with Gasteiger partial charge in [0.1, 0.15) is 0 Å². The molecule has 2 rings (SSSR count). The Morgan fingerprint density at radius 1 is 1.44 bits per heavy atom. The number of aliphatic hydroxyl groups is 1. The minimum Gasteiger partial charge on any atom is -0.395 e. The second-order valence-electron chi connectivity index (χ2n) is 3.40. The molecule has 0 unspecified atom stereocenters. The number of aldehydes is 1. The third kappa shape index (κ3) is 1.97. The van der Waals surface area contributed by atoms with Crippen molar-refractivity contribution in [1.29, 1.82) is 0 Å². The third-order valence-corrected chi connectivity index (χ3v) is 2.31.